The number of hydrogen-bond donors (Lipinski definition) is 0. The van der Waals surface area contributed by atoms with Crippen LogP contribution in [0.1, 0.15) is 37.7 Å². The van der Waals surface area contributed by atoms with Crippen molar-refractivity contribution in [3.05, 3.63) is 29.8 Å². The molecule has 1 aliphatic rings. The van der Waals surface area contributed by atoms with Crippen LogP contribution in [0.3, 0.4) is 0 Å². The Morgan fingerprint density at radius 2 is 1.72 bits per heavy atom. The molecule has 1 aliphatic carbocycles. The van der Waals surface area contributed by atoms with Crippen LogP contribution in [0.5, 0.6) is 0 Å². The van der Waals surface area contributed by atoms with Gasteiger partial charge in [0.15, 0.2) is 0 Å². The number of hydrogen-bond acceptors (Lipinski definition) is 3. The van der Waals surface area contributed by atoms with Gasteiger partial charge in [0, 0.05) is 5.75 Å². The van der Waals surface area contributed by atoms with Gasteiger partial charge in [0.1, 0.15) is 0 Å². The van der Waals surface area contributed by atoms with Crippen molar-refractivity contribution in [1.82, 2.24) is 0 Å². The van der Waals surface area contributed by atoms with Crippen LogP contribution in [0.25, 0.3) is 0 Å². The van der Waals surface area contributed by atoms with Gasteiger partial charge in [-0.1, -0.05) is 37.0 Å². The second-order valence-corrected chi connectivity index (χ2v) is 9.03. The van der Waals surface area contributed by atoms with E-state index in [4.69, 9.17) is 0 Å². The predicted molar refractivity (Wildman–Crippen MR) is 77.4 cm³/mol. The molecule has 2 nitrogen and oxygen atoms in total. The van der Waals surface area contributed by atoms with Gasteiger partial charge in [-0.3, -0.25) is 0 Å². The molecule has 0 bridgehead atoms. The van der Waals surface area contributed by atoms with E-state index in [1.807, 2.05) is 19.1 Å². The second-order valence-electron chi connectivity index (χ2n) is 5.06. The highest BCUT2D eigenvalue weighted by Gasteiger charge is 2.20. The van der Waals surface area contributed by atoms with E-state index in [0.29, 0.717) is 10.8 Å². The van der Waals surface area contributed by atoms with Crippen molar-refractivity contribution in [2.45, 2.75) is 43.9 Å². The molecule has 18 heavy (non-hydrogen) atoms. The fourth-order valence-corrected chi connectivity index (χ4v) is 5.48. The summed E-state index contributed by atoms with van der Waals surface area (Å²) in [7, 11) is -2.04. The molecule has 0 aromatic heterocycles. The van der Waals surface area contributed by atoms with Crippen molar-refractivity contribution in [3.63, 3.8) is 0 Å². The predicted octanol–water partition coefficient (Wildman–Crippen LogP) is 4.00. The van der Waals surface area contributed by atoms with E-state index in [0.717, 1.165) is 22.1 Å². The van der Waals surface area contributed by atoms with Crippen LogP contribution in [0.2, 0.25) is 0 Å². The molecule has 4 heteroatoms. The average molecular weight is 284 g/mol. The van der Waals surface area contributed by atoms with Crippen LogP contribution < -0.4 is 0 Å². The molecular weight excluding hydrogens is 264 g/mol. The molecule has 0 radical (unpaired) electrons. The van der Waals surface area contributed by atoms with Gasteiger partial charge in [-0.25, -0.2) is 8.42 Å². The number of rotatable bonds is 4. The molecule has 0 atom stereocenters. The third-order valence-corrected chi connectivity index (χ3v) is 7.18. The molecule has 0 aliphatic heterocycles. The van der Waals surface area contributed by atoms with Crippen LogP contribution >= 0.6 is 10.8 Å². The van der Waals surface area contributed by atoms with E-state index in [1.54, 1.807) is 12.1 Å². The molecule has 100 valence electrons. The Balaban J connectivity index is 1.96. The lowest BCUT2D eigenvalue weighted by Gasteiger charge is -2.20. The first-order chi connectivity index (χ1) is 8.58. The summed E-state index contributed by atoms with van der Waals surface area (Å²) in [6.07, 6.45) is 6.21. The van der Waals surface area contributed by atoms with Gasteiger partial charge in [0.2, 0.25) is 8.87 Å². The van der Waals surface area contributed by atoms with Crippen LogP contribution in [0.4, 0.5) is 0 Å². The van der Waals surface area contributed by atoms with E-state index in [2.05, 4.69) is 0 Å². The van der Waals surface area contributed by atoms with E-state index in [-0.39, 0.29) is 0 Å². The zero-order valence-corrected chi connectivity index (χ0v) is 12.4. The molecule has 1 saturated carbocycles. The third-order valence-electron chi connectivity index (χ3n) is 3.49. The maximum atomic E-state index is 12.1. The van der Waals surface area contributed by atoms with Gasteiger partial charge in [0.05, 0.1) is 4.90 Å². The minimum absolute atomic E-state index is 0.439. The SMILES string of the molecule is Cc1ccc(S(=O)(=O)SCC2CCCCC2)cc1. The summed E-state index contributed by atoms with van der Waals surface area (Å²) in [5.41, 5.74) is 1.09. The summed E-state index contributed by atoms with van der Waals surface area (Å²) < 4.78 is 24.3. The van der Waals surface area contributed by atoms with Crippen LogP contribution in [0, 0.1) is 12.8 Å². The van der Waals surface area contributed by atoms with Gasteiger partial charge in [-0.05, 0) is 48.6 Å². The van der Waals surface area contributed by atoms with E-state index in [1.165, 1.54) is 32.1 Å². The summed E-state index contributed by atoms with van der Waals surface area (Å²) in [5, 5.41) is 0. The van der Waals surface area contributed by atoms with Gasteiger partial charge in [0.25, 0.3) is 0 Å². The molecule has 0 spiro atoms. The summed E-state index contributed by atoms with van der Waals surface area (Å²) in [6.45, 7) is 1.96. The van der Waals surface area contributed by atoms with Crippen molar-refractivity contribution < 1.29 is 8.42 Å². The lowest BCUT2D eigenvalue weighted by Crippen LogP contribution is -2.10. The Morgan fingerprint density at radius 1 is 1.11 bits per heavy atom. The van der Waals surface area contributed by atoms with E-state index < -0.39 is 8.87 Å². The highest BCUT2D eigenvalue weighted by Crippen LogP contribution is 2.31. The monoisotopic (exact) mass is 284 g/mol. The maximum Gasteiger partial charge on any atom is 0.230 e. The molecule has 1 aromatic carbocycles. The minimum atomic E-state index is -3.16. The zero-order chi connectivity index (χ0) is 13.0. The second kappa shape index (κ2) is 6.11. The molecule has 0 unspecified atom stereocenters. The van der Waals surface area contributed by atoms with E-state index in [9.17, 15) is 8.42 Å². The van der Waals surface area contributed by atoms with Crippen molar-refractivity contribution in [2.24, 2.45) is 5.92 Å². The molecule has 0 amide bonds. The smallest absolute Gasteiger partial charge is 0.212 e. The Bertz CT molecular complexity index is 471. The normalized spacial score (nSPS) is 17.8. The lowest BCUT2D eigenvalue weighted by atomic mass is 9.91. The average Bonchev–Trinajstić information content (AvgIpc) is 2.38. The highest BCUT2D eigenvalue weighted by atomic mass is 33.1. The standard InChI is InChI=1S/C14H20O2S2/c1-12-7-9-14(10-8-12)18(15,16)17-11-13-5-3-2-4-6-13/h7-10,13H,2-6,11H2,1H3. The van der Waals surface area contributed by atoms with Crippen molar-refractivity contribution in [1.29, 1.82) is 0 Å². The fourth-order valence-electron chi connectivity index (χ4n) is 2.31. The fraction of sp³-hybridized carbons (Fsp3) is 0.571. The first-order valence-electron chi connectivity index (χ1n) is 6.54. The number of benzene rings is 1. The minimum Gasteiger partial charge on any atom is -0.212 e. The van der Waals surface area contributed by atoms with E-state index >= 15 is 0 Å². The quantitative estimate of drug-likeness (QED) is 0.784. The third kappa shape index (κ3) is 3.75. The van der Waals surface area contributed by atoms with Crippen molar-refractivity contribution in [2.75, 3.05) is 5.75 Å². The molecule has 1 aromatic rings. The Hall–Kier alpha value is -0.480. The maximum absolute atomic E-state index is 12.1. The molecule has 0 N–H and O–H groups in total. The molecular formula is C14H20O2S2. The van der Waals surface area contributed by atoms with Gasteiger partial charge in [-0.2, -0.15) is 0 Å². The number of aryl methyl sites for hydroxylation is 1. The zero-order valence-electron chi connectivity index (χ0n) is 10.8. The molecule has 0 heterocycles. The van der Waals surface area contributed by atoms with Crippen molar-refractivity contribution >= 4 is 19.7 Å². The topological polar surface area (TPSA) is 34.1 Å². The van der Waals surface area contributed by atoms with Gasteiger partial charge < -0.3 is 0 Å². The molecule has 2 rings (SSSR count). The van der Waals surface area contributed by atoms with Gasteiger partial charge >= 0.3 is 0 Å². The molecule has 1 fully saturated rings. The Kier molecular flexibility index (Phi) is 4.73. The summed E-state index contributed by atoms with van der Waals surface area (Å²) in [4.78, 5) is 0.439. The summed E-state index contributed by atoms with van der Waals surface area (Å²) in [5.74, 6) is 1.33. The highest BCUT2D eigenvalue weighted by molar-refractivity contribution is 8.72. The van der Waals surface area contributed by atoms with Crippen LogP contribution in [0.15, 0.2) is 29.2 Å². The first kappa shape index (κ1) is 13.9. The molecule has 0 saturated heterocycles. The largest absolute Gasteiger partial charge is 0.230 e. The first-order valence-corrected chi connectivity index (χ1v) is 9.52. The van der Waals surface area contributed by atoms with Crippen LogP contribution in [-0.4, -0.2) is 14.2 Å². The lowest BCUT2D eigenvalue weighted by molar-refractivity contribution is 0.391. The Morgan fingerprint density at radius 3 is 2.33 bits per heavy atom. The van der Waals surface area contributed by atoms with Crippen LogP contribution in [-0.2, 0) is 8.87 Å². The van der Waals surface area contributed by atoms with Gasteiger partial charge in [-0.15, -0.1) is 0 Å². The Labute approximate surface area is 113 Å². The summed E-state index contributed by atoms with van der Waals surface area (Å²) in [6, 6.07) is 7.12. The summed E-state index contributed by atoms with van der Waals surface area (Å²) >= 11 is 0. The van der Waals surface area contributed by atoms with Crippen molar-refractivity contribution in [3.8, 4) is 0 Å².